The molecule has 182 valence electrons. The molecule has 1 heterocycles. The summed E-state index contributed by atoms with van der Waals surface area (Å²) in [7, 11) is 1.62. The van der Waals surface area contributed by atoms with Gasteiger partial charge in [-0.1, -0.05) is 59.7 Å². The van der Waals surface area contributed by atoms with Crippen molar-refractivity contribution in [2.45, 2.75) is 72.1 Å². The Bertz CT molecular complexity index is 1180. The maximum atomic E-state index is 12.9. The Kier molecular flexibility index (Phi) is 7.54. The molecule has 0 bridgehead atoms. The number of fused-ring (bicyclic) bond motifs is 1. The van der Waals surface area contributed by atoms with Crippen LogP contribution in [0.15, 0.2) is 40.8 Å². The van der Waals surface area contributed by atoms with Crippen molar-refractivity contribution in [1.82, 2.24) is 4.98 Å². The molecule has 0 aliphatic heterocycles. The predicted molar refractivity (Wildman–Crippen MR) is 138 cm³/mol. The van der Waals surface area contributed by atoms with Crippen LogP contribution < -0.4 is 4.74 Å². The molecule has 0 amide bonds. The third-order valence-corrected chi connectivity index (χ3v) is 6.92. The van der Waals surface area contributed by atoms with E-state index in [-0.39, 0.29) is 23.3 Å². The fourth-order valence-electron chi connectivity index (χ4n) is 3.72. The standard InChI is InChI=1S/C29H37NO4/c1-9-28(4,5)20-17-23(29(6,7)10-2)25-24(18-20)30-26(34-25)22(27(31)33-11-3)16-19-12-14-21(32-8)15-13-19/h12-18H,9-11H2,1-8H3. The topological polar surface area (TPSA) is 61.6 Å². The molecule has 0 spiro atoms. The number of hydrogen-bond acceptors (Lipinski definition) is 5. The lowest BCUT2D eigenvalue weighted by molar-refractivity contribution is -0.136. The molecule has 0 fully saturated rings. The SMILES string of the molecule is CCOC(=O)C(=Cc1ccc(OC)cc1)c1nc2cc(C(C)(C)CC)cc(C(C)(C)CC)c2o1. The van der Waals surface area contributed by atoms with Crippen LogP contribution in [-0.4, -0.2) is 24.7 Å². The number of carbonyl (C=O) groups is 1. The summed E-state index contributed by atoms with van der Waals surface area (Å²) in [4.78, 5) is 17.7. The molecule has 0 unspecified atom stereocenters. The van der Waals surface area contributed by atoms with Gasteiger partial charge in [0, 0.05) is 5.56 Å². The molecule has 0 atom stereocenters. The third kappa shape index (κ3) is 5.19. The highest BCUT2D eigenvalue weighted by Crippen LogP contribution is 2.39. The molecular formula is C29H37NO4. The minimum absolute atomic E-state index is 0.00518. The predicted octanol–water partition coefficient (Wildman–Crippen LogP) is 7.32. The van der Waals surface area contributed by atoms with Gasteiger partial charge in [0.2, 0.25) is 5.89 Å². The molecule has 3 rings (SSSR count). The Labute approximate surface area is 203 Å². The van der Waals surface area contributed by atoms with Crippen LogP contribution in [0.2, 0.25) is 0 Å². The highest BCUT2D eigenvalue weighted by atomic mass is 16.5. The van der Waals surface area contributed by atoms with Gasteiger partial charge in [-0.3, -0.25) is 0 Å². The van der Waals surface area contributed by atoms with Crippen molar-refractivity contribution in [3.05, 3.63) is 59.0 Å². The van der Waals surface area contributed by atoms with Crippen LogP contribution in [0.1, 0.15) is 83.9 Å². The Morgan fingerprint density at radius 3 is 2.21 bits per heavy atom. The maximum Gasteiger partial charge on any atom is 0.343 e. The van der Waals surface area contributed by atoms with E-state index in [1.807, 2.05) is 24.3 Å². The second-order valence-corrected chi connectivity index (χ2v) is 9.92. The van der Waals surface area contributed by atoms with E-state index in [1.54, 1.807) is 20.1 Å². The summed E-state index contributed by atoms with van der Waals surface area (Å²) < 4.78 is 16.9. The van der Waals surface area contributed by atoms with Crippen molar-refractivity contribution in [2.75, 3.05) is 13.7 Å². The van der Waals surface area contributed by atoms with Gasteiger partial charge >= 0.3 is 5.97 Å². The highest BCUT2D eigenvalue weighted by Gasteiger charge is 2.29. The molecule has 0 saturated carbocycles. The highest BCUT2D eigenvalue weighted by molar-refractivity contribution is 6.20. The molecule has 3 aromatic rings. The van der Waals surface area contributed by atoms with Crippen LogP contribution in [0.3, 0.4) is 0 Å². The zero-order valence-corrected chi connectivity index (χ0v) is 21.7. The van der Waals surface area contributed by atoms with Gasteiger partial charge in [0.1, 0.15) is 16.8 Å². The molecule has 0 saturated heterocycles. The number of rotatable bonds is 9. The summed E-state index contributed by atoms with van der Waals surface area (Å²) in [5.74, 6) is 0.549. The zero-order chi connectivity index (χ0) is 25.1. The number of benzene rings is 2. The summed E-state index contributed by atoms with van der Waals surface area (Å²) in [5, 5.41) is 0. The number of carbonyl (C=O) groups excluding carboxylic acids is 1. The van der Waals surface area contributed by atoms with Crippen LogP contribution in [0.25, 0.3) is 22.7 Å². The van der Waals surface area contributed by atoms with Crippen molar-refractivity contribution in [1.29, 1.82) is 0 Å². The molecular weight excluding hydrogens is 426 g/mol. The van der Waals surface area contributed by atoms with Crippen LogP contribution >= 0.6 is 0 Å². The molecule has 0 aliphatic carbocycles. The zero-order valence-electron chi connectivity index (χ0n) is 21.7. The number of ether oxygens (including phenoxy) is 2. The van der Waals surface area contributed by atoms with E-state index in [0.717, 1.165) is 40.8 Å². The van der Waals surface area contributed by atoms with Crippen LogP contribution in [-0.2, 0) is 20.4 Å². The van der Waals surface area contributed by atoms with E-state index in [1.165, 1.54) is 5.56 Å². The lowest BCUT2D eigenvalue weighted by Crippen LogP contribution is -2.20. The molecule has 0 N–H and O–H groups in total. The molecule has 5 heteroatoms. The number of methoxy groups -OCH3 is 1. The van der Waals surface area contributed by atoms with Crippen molar-refractivity contribution >= 4 is 28.7 Å². The minimum atomic E-state index is -0.463. The average Bonchev–Trinajstić information content (AvgIpc) is 3.26. The number of oxazole rings is 1. The normalized spacial score (nSPS) is 12.8. The smallest absolute Gasteiger partial charge is 0.343 e. The second-order valence-electron chi connectivity index (χ2n) is 9.92. The molecule has 34 heavy (non-hydrogen) atoms. The molecule has 2 aromatic carbocycles. The van der Waals surface area contributed by atoms with Crippen LogP contribution in [0.5, 0.6) is 5.75 Å². The van der Waals surface area contributed by atoms with Gasteiger partial charge in [-0.2, -0.15) is 0 Å². The van der Waals surface area contributed by atoms with Crippen molar-refractivity contribution in [3.63, 3.8) is 0 Å². The Morgan fingerprint density at radius 1 is 1.00 bits per heavy atom. The first kappa shape index (κ1) is 25.5. The summed E-state index contributed by atoms with van der Waals surface area (Å²) >= 11 is 0. The lowest BCUT2D eigenvalue weighted by Gasteiger charge is -2.28. The molecule has 0 radical (unpaired) electrons. The first-order valence-electron chi connectivity index (χ1n) is 12.0. The Morgan fingerprint density at radius 2 is 1.65 bits per heavy atom. The van der Waals surface area contributed by atoms with Gasteiger partial charge < -0.3 is 13.9 Å². The van der Waals surface area contributed by atoms with Gasteiger partial charge in [0.25, 0.3) is 0 Å². The van der Waals surface area contributed by atoms with Gasteiger partial charge in [-0.25, -0.2) is 9.78 Å². The summed E-state index contributed by atoms with van der Waals surface area (Å²) in [5.41, 5.74) is 4.81. The first-order chi connectivity index (χ1) is 16.1. The third-order valence-electron chi connectivity index (χ3n) is 6.92. The van der Waals surface area contributed by atoms with Crippen molar-refractivity contribution < 1.29 is 18.7 Å². The van der Waals surface area contributed by atoms with E-state index >= 15 is 0 Å². The summed E-state index contributed by atoms with van der Waals surface area (Å²) in [6, 6.07) is 11.8. The number of esters is 1. The van der Waals surface area contributed by atoms with E-state index < -0.39 is 5.97 Å². The van der Waals surface area contributed by atoms with Crippen molar-refractivity contribution in [2.24, 2.45) is 0 Å². The fraction of sp³-hybridized carbons (Fsp3) is 0.448. The van der Waals surface area contributed by atoms with Crippen LogP contribution in [0, 0.1) is 0 Å². The average molecular weight is 464 g/mol. The van der Waals surface area contributed by atoms with E-state index in [9.17, 15) is 4.79 Å². The fourth-order valence-corrected chi connectivity index (χ4v) is 3.72. The quantitative estimate of drug-likeness (QED) is 0.246. The molecule has 5 nitrogen and oxygen atoms in total. The van der Waals surface area contributed by atoms with Gasteiger partial charge in [0.05, 0.1) is 13.7 Å². The largest absolute Gasteiger partial charge is 0.497 e. The monoisotopic (exact) mass is 463 g/mol. The van der Waals surface area contributed by atoms with Gasteiger partial charge in [-0.05, 0) is 66.0 Å². The summed E-state index contributed by atoms with van der Waals surface area (Å²) in [6.45, 7) is 15.3. The number of nitrogens with zero attached hydrogens (tertiary/aromatic N) is 1. The summed E-state index contributed by atoms with van der Waals surface area (Å²) in [6.07, 6.45) is 3.70. The Hall–Kier alpha value is -3.08. The van der Waals surface area contributed by atoms with E-state index in [2.05, 4.69) is 53.7 Å². The van der Waals surface area contributed by atoms with E-state index in [0.29, 0.717) is 5.57 Å². The van der Waals surface area contributed by atoms with Gasteiger partial charge in [-0.15, -0.1) is 0 Å². The lowest BCUT2D eigenvalue weighted by atomic mass is 9.76. The van der Waals surface area contributed by atoms with Crippen LogP contribution in [0.4, 0.5) is 0 Å². The molecule has 1 aromatic heterocycles. The Balaban J connectivity index is 2.24. The second kappa shape index (κ2) is 10.0. The molecule has 0 aliphatic rings. The maximum absolute atomic E-state index is 12.9. The number of aromatic nitrogens is 1. The van der Waals surface area contributed by atoms with Crippen molar-refractivity contribution in [3.8, 4) is 5.75 Å². The van der Waals surface area contributed by atoms with E-state index in [4.69, 9.17) is 18.9 Å². The minimum Gasteiger partial charge on any atom is -0.497 e. The number of hydrogen-bond donors (Lipinski definition) is 0. The first-order valence-corrected chi connectivity index (χ1v) is 12.0. The van der Waals surface area contributed by atoms with Gasteiger partial charge in [0.15, 0.2) is 5.58 Å².